The Kier molecular flexibility index (Phi) is 2.83. The Balaban J connectivity index is 1.65. The van der Waals surface area contributed by atoms with E-state index in [4.69, 9.17) is 9.94 Å². The minimum absolute atomic E-state index is 0.266. The van der Waals surface area contributed by atoms with E-state index in [2.05, 4.69) is 15.6 Å². The minimum Gasteiger partial charge on any atom is -0.411 e. The average Bonchev–Trinajstić information content (AvgIpc) is 2.91. The Morgan fingerprint density at radius 2 is 2.12 bits per heavy atom. The maximum absolute atomic E-state index is 9.09. The van der Waals surface area contributed by atoms with E-state index in [1.807, 2.05) is 0 Å². The number of morpholine rings is 1. The van der Waals surface area contributed by atoms with Gasteiger partial charge in [0.15, 0.2) is 0 Å². The van der Waals surface area contributed by atoms with Crippen LogP contribution in [-0.4, -0.2) is 48.3 Å². The Bertz CT molecular complexity index is 289. The predicted octanol–water partition coefficient (Wildman–Crippen LogP) is 0.452. The monoisotopic (exact) mass is 225 g/mol. The van der Waals surface area contributed by atoms with Crippen LogP contribution in [0.15, 0.2) is 5.16 Å². The topological polar surface area (TPSA) is 57.1 Å². The summed E-state index contributed by atoms with van der Waals surface area (Å²) in [5.41, 5.74) is 4.49. The highest BCUT2D eigenvalue weighted by molar-refractivity contribution is 5.94. The number of hydrazine groups is 1. The normalized spacial score (nSPS) is 42.0. The summed E-state index contributed by atoms with van der Waals surface area (Å²) >= 11 is 0. The molecule has 0 radical (unpaired) electrons. The second-order valence-corrected chi connectivity index (χ2v) is 5.00. The van der Waals surface area contributed by atoms with Crippen LogP contribution in [0.3, 0.4) is 0 Å². The molecule has 16 heavy (non-hydrogen) atoms. The molecule has 0 aromatic heterocycles. The van der Waals surface area contributed by atoms with Crippen molar-refractivity contribution in [1.29, 1.82) is 0 Å². The van der Waals surface area contributed by atoms with Crippen LogP contribution < -0.4 is 5.43 Å². The van der Waals surface area contributed by atoms with Crippen LogP contribution in [0.1, 0.15) is 19.3 Å². The fourth-order valence-electron chi connectivity index (χ4n) is 3.29. The zero-order valence-corrected chi connectivity index (χ0v) is 9.43. The van der Waals surface area contributed by atoms with Gasteiger partial charge in [0, 0.05) is 19.0 Å². The summed E-state index contributed by atoms with van der Waals surface area (Å²) < 4.78 is 5.32. The molecule has 1 aliphatic heterocycles. The van der Waals surface area contributed by atoms with Gasteiger partial charge in [0.05, 0.1) is 25.0 Å². The van der Waals surface area contributed by atoms with Crippen LogP contribution in [0, 0.1) is 11.8 Å². The van der Waals surface area contributed by atoms with Gasteiger partial charge in [0.2, 0.25) is 0 Å². The number of fused-ring (bicyclic) bond motifs is 2. The van der Waals surface area contributed by atoms with E-state index < -0.39 is 0 Å². The molecule has 0 aromatic rings. The number of nitrogens with zero attached hydrogens (tertiary/aromatic N) is 2. The summed E-state index contributed by atoms with van der Waals surface area (Å²) in [4.78, 5) is 0. The molecule has 5 nitrogen and oxygen atoms in total. The first-order valence-electron chi connectivity index (χ1n) is 6.19. The van der Waals surface area contributed by atoms with Crippen LogP contribution in [0.4, 0.5) is 0 Å². The minimum atomic E-state index is 0.266. The lowest BCUT2D eigenvalue weighted by atomic mass is 9.94. The van der Waals surface area contributed by atoms with Gasteiger partial charge >= 0.3 is 0 Å². The smallest absolute Gasteiger partial charge is 0.0787 e. The first-order valence-corrected chi connectivity index (χ1v) is 6.19. The number of hydrogen-bond donors (Lipinski definition) is 2. The molecule has 1 saturated heterocycles. The van der Waals surface area contributed by atoms with E-state index in [1.54, 1.807) is 0 Å². The van der Waals surface area contributed by atoms with E-state index in [9.17, 15) is 0 Å². The zero-order chi connectivity index (χ0) is 11.0. The molecule has 2 N–H and O–H groups in total. The molecule has 0 spiro atoms. The van der Waals surface area contributed by atoms with Crippen molar-refractivity contribution in [1.82, 2.24) is 10.4 Å². The molecular formula is C11H19N3O2. The van der Waals surface area contributed by atoms with E-state index >= 15 is 0 Å². The lowest BCUT2D eigenvalue weighted by molar-refractivity contribution is 0.00499. The number of oxime groups is 1. The van der Waals surface area contributed by atoms with Gasteiger partial charge in [-0.25, -0.2) is 10.4 Å². The molecule has 3 atom stereocenters. The van der Waals surface area contributed by atoms with Crippen molar-refractivity contribution in [2.24, 2.45) is 17.0 Å². The van der Waals surface area contributed by atoms with Crippen molar-refractivity contribution < 1.29 is 9.94 Å². The second-order valence-electron chi connectivity index (χ2n) is 5.00. The van der Waals surface area contributed by atoms with Crippen LogP contribution >= 0.6 is 0 Å². The SMILES string of the molecule is O/N=C1\[C@@H]2CC[C@H](C2)[C@@H]1NN1CCOCC1. The van der Waals surface area contributed by atoms with E-state index in [-0.39, 0.29) is 6.04 Å². The summed E-state index contributed by atoms with van der Waals surface area (Å²) in [5.74, 6) is 1.19. The van der Waals surface area contributed by atoms with Crippen LogP contribution in [0.25, 0.3) is 0 Å². The number of hydrogen-bond acceptors (Lipinski definition) is 5. The maximum Gasteiger partial charge on any atom is 0.0787 e. The van der Waals surface area contributed by atoms with Gasteiger partial charge in [-0.15, -0.1) is 0 Å². The summed E-state index contributed by atoms with van der Waals surface area (Å²) in [6.07, 6.45) is 3.67. The molecule has 2 saturated carbocycles. The second kappa shape index (κ2) is 4.31. The Hall–Kier alpha value is -0.650. The zero-order valence-electron chi connectivity index (χ0n) is 9.43. The molecule has 3 rings (SSSR count). The molecule has 0 aromatic carbocycles. The highest BCUT2D eigenvalue weighted by atomic mass is 16.5. The van der Waals surface area contributed by atoms with Crippen LogP contribution in [0.2, 0.25) is 0 Å². The van der Waals surface area contributed by atoms with Crippen molar-refractivity contribution in [2.75, 3.05) is 26.3 Å². The van der Waals surface area contributed by atoms with Gasteiger partial charge in [-0.2, -0.15) is 0 Å². The summed E-state index contributed by atoms with van der Waals surface area (Å²) in [5, 5.41) is 14.8. The third kappa shape index (κ3) is 1.73. The van der Waals surface area contributed by atoms with Gasteiger partial charge in [-0.05, 0) is 25.2 Å². The highest BCUT2D eigenvalue weighted by Gasteiger charge is 2.46. The van der Waals surface area contributed by atoms with E-state index in [1.165, 1.54) is 19.3 Å². The fourth-order valence-corrected chi connectivity index (χ4v) is 3.29. The predicted molar refractivity (Wildman–Crippen MR) is 59.4 cm³/mol. The first-order chi connectivity index (χ1) is 7.88. The fraction of sp³-hybridized carbons (Fsp3) is 0.909. The standard InChI is InChI=1S/C11H19N3O2/c15-13-11-9-2-1-8(7-9)10(11)12-14-3-5-16-6-4-14/h8-10,12,15H,1-7H2/b13-11+/t8-,9-,10+/m1/s1. The summed E-state index contributed by atoms with van der Waals surface area (Å²) in [6, 6.07) is 0.266. The highest BCUT2D eigenvalue weighted by Crippen LogP contribution is 2.42. The third-order valence-electron chi connectivity index (χ3n) is 4.13. The van der Waals surface area contributed by atoms with Gasteiger partial charge in [0.25, 0.3) is 0 Å². The molecule has 2 bridgehead atoms. The van der Waals surface area contributed by atoms with Crippen LogP contribution in [-0.2, 0) is 4.74 Å². The van der Waals surface area contributed by atoms with Crippen molar-refractivity contribution in [3.8, 4) is 0 Å². The molecule has 0 amide bonds. The third-order valence-corrected chi connectivity index (χ3v) is 4.13. The lowest BCUT2D eigenvalue weighted by Gasteiger charge is -2.33. The van der Waals surface area contributed by atoms with Gasteiger partial charge < -0.3 is 9.94 Å². The molecule has 2 aliphatic carbocycles. The Labute approximate surface area is 95.4 Å². The first kappa shape index (κ1) is 10.5. The molecule has 0 unspecified atom stereocenters. The van der Waals surface area contributed by atoms with Crippen molar-refractivity contribution in [3.05, 3.63) is 0 Å². The van der Waals surface area contributed by atoms with Gasteiger partial charge in [0.1, 0.15) is 0 Å². The molecule has 3 aliphatic rings. The summed E-state index contributed by atoms with van der Waals surface area (Å²) in [7, 11) is 0. The molecule has 3 fully saturated rings. The Morgan fingerprint density at radius 3 is 2.88 bits per heavy atom. The van der Waals surface area contributed by atoms with Crippen molar-refractivity contribution in [2.45, 2.75) is 25.3 Å². The van der Waals surface area contributed by atoms with Crippen molar-refractivity contribution in [3.63, 3.8) is 0 Å². The van der Waals surface area contributed by atoms with Crippen LogP contribution in [0.5, 0.6) is 0 Å². The largest absolute Gasteiger partial charge is 0.411 e. The number of nitrogens with one attached hydrogen (secondary N) is 1. The molecular weight excluding hydrogens is 206 g/mol. The summed E-state index contributed by atoms with van der Waals surface area (Å²) in [6.45, 7) is 3.43. The van der Waals surface area contributed by atoms with E-state index in [0.717, 1.165) is 32.0 Å². The number of rotatable bonds is 2. The molecule has 1 heterocycles. The van der Waals surface area contributed by atoms with Gasteiger partial charge in [-0.3, -0.25) is 0 Å². The quantitative estimate of drug-likeness (QED) is 0.529. The van der Waals surface area contributed by atoms with Gasteiger partial charge in [-0.1, -0.05) is 5.16 Å². The van der Waals surface area contributed by atoms with E-state index in [0.29, 0.717) is 11.8 Å². The maximum atomic E-state index is 9.09. The Morgan fingerprint density at radius 1 is 1.31 bits per heavy atom. The van der Waals surface area contributed by atoms with Crippen molar-refractivity contribution >= 4 is 5.71 Å². The molecule has 90 valence electrons. The average molecular weight is 225 g/mol. The lowest BCUT2D eigenvalue weighted by Crippen LogP contribution is -2.54. The number of ether oxygens (including phenoxy) is 1. The molecule has 5 heteroatoms.